The second kappa shape index (κ2) is 12.8. The van der Waals surface area contributed by atoms with Gasteiger partial charge in [-0.15, -0.1) is 11.6 Å². The predicted molar refractivity (Wildman–Crippen MR) is 112 cm³/mol. The summed E-state index contributed by atoms with van der Waals surface area (Å²) >= 11 is 5.69. The van der Waals surface area contributed by atoms with E-state index >= 15 is 0 Å². The molecule has 0 aromatic carbocycles. The molecular formula is C21H35ClN2O3. The number of halogens is 1. The van der Waals surface area contributed by atoms with E-state index in [1.165, 1.54) is 17.8 Å². The molecule has 0 saturated carbocycles. The lowest BCUT2D eigenvalue weighted by atomic mass is 9.89. The summed E-state index contributed by atoms with van der Waals surface area (Å²) in [7, 11) is 0. The molecule has 3 aliphatic rings. The average Bonchev–Trinajstić information content (AvgIpc) is 2.88. The molecule has 0 fully saturated rings. The quantitative estimate of drug-likeness (QED) is 0.468. The van der Waals surface area contributed by atoms with Gasteiger partial charge in [0, 0.05) is 42.6 Å². The lowest BCUT2D eigenvalue weighted by Crippen LogP contribution is -2.36. The van der Waals surface area contributed by atoms with Crippen molar-refractivity contribution in [2.45, 2.75) is 65.8 Å². The maximum absolute atomic E-state index is 9.00. The van der Waals surface area contributed by atoms with E-state index in [4.69, 9.17) is 26.2 Å². The van der Waals surface area contributed by atoms with E-state index in [0.29, 0.717) is 12.0 Å². The number of unbranched alkanes of at least 4 members (excludes halogenated alkanes) is 1. The zero-order valence-electron chi connectivity index (χ0n) is 17.1. The first kappa shape index (κ1) is 23.6. The number of aliphatic carboxylic acids is 1. The minimum atomic E-state index is -0.833. The van der Waals surface area contributed by atoms with Crippen LogP contribution in [0.15, 0.2) is 34.9 Å². The van der Waals surface area contributed by atoms with Crippen LogP contribution in [0.5, 0.6) is 0 Å². The van der Waals surface area contributed by atoms with E-state index in [0.717, 1.165) is 57.4 Å². The lowest BCUT2D eigenvalue weighted by molar-refractivity contribution is -0.134. The number of carboxylic acid groups (broad SMARTS) is 1. The Balaban J connectivity index is 0.000000541. The summed E-state index contributed by atoms with van der Waals surface area (Å²) in [6, 6.07) is 0.455. The fraction of sp³-hybridized carbons (Fsp3) is 0.667. The van der Waals surface area contributed by atoms with Gasteiger partial charge in [-0.2, -0.15) is 0 Å². The number of nitrogens with one attached hydrogen (secondary N) is 2. The second-order valence-electron chi connectivity index (χ2n) is 6.60. The Morgan fingerprint density at radius 1 is 1.30 bits per heavy atom. The van der Waals surface area contributed by atoms with E-state index in [2.05, 4.69) is 29.7 Å². The van der Waals surface area contributed by atoms with E-state index in [1.54, 1.807) is 5.57 Å². The number of alkyl halides is 1. The highest BCUT2D eigenvalue weighted by Gasteiger charge is 2.34. The van der Waals surface area contributed by atoms with Gasteiger partial charge in [0.25, 0.3) is 5.97 Å². The van der Waals surface area contributed by atoms with Gasteiger partial charge in [-0.3, -0.25) is 4.79 Å². The predicted octanol–water partition coefficient (Wildman–Crippen LogP) is 4.56. The van der Waals surface area contributed by atoms with Crippen LogP contribution in [0.3, 0.4) is 0 Å². The molecule has 2 unspecified atom stereocenters. The van der Waals surface area contributed by atoms with Crippen molar-refractivity contribution < 1.29 is 14.6 Å². The van der Waals surface area contributed by atoms with Gasteiger partial charge >= 0.3 is 0 Å². The number of carboxylic acids is 1. The summed E-state index contributed by atoms with van der Waals surface area (Å²) in [4.78, 5) is 9.00. The fourth-order valence-corrected chi connectivity index (χ4v) is 3.67. The van der Waals surface area contributed by atoms with Crippen LogP contribution in [-0.4, -0.2) is 36.1 Å². The minimum Gasteiger partial charge on any atom is -0.498 e. The fourth-order valence-electron chi connectivity index (χ4n) is 3.48. The van der Waals surface area contributed by atoms with E-state index < -0.39 is 5.97 Å². The van der Waals surface area contributed by atoms with Crippen molar-refractivity contribution in [3.05, 3.63) is 34.9 Å². The van der Waals surface area contributed by atoms with Crippen molar-refractivity contribution >= 4 is 17.6 Å². The van der Waals surface area contributed by atoms with Gasteiger partial charge < -0.3 is 20.5 Å². The van der Waals surface area contributed by atoms with Crippen molar-refractivity contribution in [3.63, 3.8) is 0 Å². The summed E-state index contributed by atoms with van der Waals surface area (Å²) in [5, 5.41) is 14.6. The van der Waals surface area contributed by atoms with Crippen molar-refractivity contribution in [3.8, 4) is 0 Å². The number of hydrogen-bond donors (Lipinski definition) is 3. The minimum absolute atomic E-state index is 0.455. The monoisotopic (exact) mass is 398 g/mol. The van der Waals surface area contributed by atoms with Crippen LogP contribution >= 0.6 is 11.6 Å². The Morgan fingerprint density at radius 3 is 2.67 bits per heavy atom. The highest BCUT2D eigenvalue weighted by Crippen LogP contribution is 2.39. The van der Waals surface area contributed by atoms with Crippen LogP contribution < -0.4 is 10.6 Å². The first-order chi connectivity index (χ1) is 13.0. The van der Waals surface area contributed by atoms with Crippen molar-refractivity contribution in [1.29, 1.82) is 0 Å². The molecule has 154 valence electrons. The topological polar surface area (TPSA) is 70.6 Å². The van der Waals surface area contributed by atoms with Gasteiger partial charge in [-0.1, -0.05) is 13.8 Å². The highest BCUT2D eigenvalue weighted by molar-refractivity contribution is 6.17. The summed E-state index contributed by atoms with van der Waals surface area (Å²) in [5.41, 5.74) is 4.39. The van der Waals surface area contributed by atoms with Crippen molar-refractivity contribution in [2.24, 2.45) is 5.92 Å². The van der Waals surface area contributed by atoms with Gasteiger partial charge in [-0.25, -0.2) is 0 Å². The molecular weight excluding hydrogens is 364 g/mol. The molecule has 0 saturated heterocycles. The van der Waals surface area contributed by atoms with Gasteiger partial charge in [0.15, 0.2) is 0 Å². The van der Waals surface area contributed by atoms with E-state index in [9.17, 15) is 0 Å². The molecule has 0 radical (unpaired) electrons. The zero-order chi connectivity index (χ0) is 20.2. The van der Waals surface area contributed by atoms with Crippen LogP contribution in [0.2, 0.25) is 0 Å². The van der Waals surface area contributed by atoms with Crippen molar-refractivity contribution in [1.82, 2.24) is 10.6 Å². The number of carbonyl (C=O) groups is 1. The molecule has 3 rings (SSSR count). The standard InChI is InChI=1S/C17H25ClN2O.C2H4O2.C2H6/c1-12-17-15(8-10-19-12)14-6-4-13(5-7-16(14)20-17)21-11-3-2-9-18;1-2(3)4;1-2/h5,7,12,14,19-20H,2-4,6,8-11H2,1H3;1H3,(H,3,4);1-2H3. The van der Waals surface area contributed by atoms with Crippen LogP contribution in [0.25, 0.3) is 0 Å². The SMILES string of the molecule is CC.CC(=O)O.CC1NCCC2=C1NC1=CC=C(OCCCCCl)CCC12. The van der Waals surface area contributed by atoms with E-state index in [-0.39, 0.29) is 0 Å². The number of rotatable bonds is 5. The maximum Gasteiger partial charge on any atom is 0.300 e. The van der Waals surface area contributed by atoms with Gasteiger partial charge in [0.2, 0.25) is 0 Å². The molecule has 27 heavy (non-hydrogen) atoms. The van der Waals surface area contributed by atoms with Gasteiger partial charge in [-0.05, 0) is 56.9 Å². The molecule has 0 aromatic heterocycles. The highest BCUT2D eigenvalue weighted by atomic mass is 35.5. The molecule has 2 aliphatic heterocycles. The van der Waals surface area contributed by atoms with Crippen LogP contribution in [-0.2, 0) is 9.53 Å². The Bertz CT molecular complexity index is 566. The third-order valence-electron chi connectivity index (χ3n) is 4.64. The molecule has 5 nitrogen and oxygen atoms in total. The Kier molecular flexibility index (Phi) is 11.2. The first-order valence-electron chi connectivity index (χ1n) is 10.0. The van der Waals surface area contributed by atoms with Crippen LogP contribution in [0, 0.1) is 5.92 Å². The molecule has 0 spiro atoms. The number of allylic oxidation sites excluding steroid dienone is 4. The Labute approximate surface area is 168 Å². The normalized spacial score (nSPS) is 23.0. The van der Waals surface area contributed by atoms with Crippen LogP contribution in [0.4, 0.5) is 0 Å². The van der Waals surface area contributed by atoms with Gasteiger partial charge in [0.05, 0.1) is 12.4 Å². The molecule has 1 aliphatic carbocycles. The number of ether oxygens (including phenoxy) is 1. The third kappa shape index (κ3) is 7.59. The van der Waals surface area contributed by atoms with Gasteiger partial charge in [0.1, 0.15) is 0 Å². The third-order valence-corrected chi connectivity index (χ3v) is 4.91. The molecule has 2 atom stereocenters. The summed E-state index contributed by atoms with van der Waals surface area (Å²) in [5.74, 6) is 1.59. The lowest BCUT2D eigenvalue weighted by Gasteiger charge is -2.24. The summed E-state index contributed by atoms with van der Waals surface area (Å²) in [6.07, 6.45) is 9.80. The maximum atomic E-state index is 9.00. The average molecular weight is 399 g/mol. The molecule has 2 heterocycles. The summed E-state index contributed by atoms with van der Waals surface area (Å²) < 4.78 is 5.89. The molecule has 0 bridgehead atoms. The summed E-state index contributed by atoms with van der Waals surface area (Å²) in [6.45, 7) is 9.21. The molecule has 6 heteroatoms. The number of fused-ring (bicyclic) bond motifs is 2. The molecule has 0 aromatic rings. The smallest absolute Gasteiger partial charge is 0.300 e. The molecule has 3 N–H and O–H groups in total. The van der Waals surface area contributed by atoms with E-state index in [1.807, 2.05) is 13.8 Å². The molecule has 0 amide bonds. The number of hydrogen-bond acceptors (Lipinski definition) is 4. The Morgan fingerprint density at radius 2 is 2.00 bits per heavy atom. The largest absolute Gasteiger partial charge is 0.498 e. The van der Waals surface area contributed by atoms with Crippen LogP contribution in [0.1, 0.15) is 59.8 Å². The van der Waals surface area contributed by atoms with Crippen molar-refractivity contribution in [2.75, 3.05) is 19.0 Å². The second-order valence-corrected chi connectivity index (χ2v) is 6.98. The zero-order valence-corrected chi connectivity index (χ0v) is 17.9. The Hall–Kier alpha value is -1.46. The first-order valence-corrected chi connectivity index (χ1v) is 10.6.